The summed E-state index contributed by atoms with van der Waals surface area (Å²) < 4.78 is 37.7. The van der Waals surface area contributed by atoms with Gasteiger partial charge < -0.3 is 14.7 Å². The number of allylic oxidation sites excluding steroid dienone is 1. The molecule has 0 radical (unpaired) electrons. The molecular weight excluding hydrogens is 403 g/mol. The van der Waals surface area contributed by atoms with Gasteiger partial charge in [-0.15, -0.1) is 6.58 Å². The van der Waals surface area contributed by atoms with Gasteiger partial charge in [0, 0.05) is 45.0 Å². The zero-order valence-electron chi connectivity index (χ0n) is 16.6. The molecule has 2 aliphatic rings. The summed E-state index contributed by atoms with van der Waals surface area (Å²) in [6.45, 7) is 7.81. The molecule has 2 saturated heterocycles. The molecule has 1 aromatic rings. The van der Waals surface area contributed by atoms with E-state index in [1.54, 1.807) is 6.20 Å². The molecule has 10 heteroatoms. The average Bonchev–Trinajstić information content (AvgIpc) is 2.72. The first-order valence-electron chi connectivity index (χ1n) is 9.65. The number of likely N-dealkylation sites (tertiary alicyclic amines) is 1. The molecule has 1 N–H and O–H groups in total. The summed E-state index contributed by atoms with van der Waals surface area (Å²) in [4.78, 5) is 29.8. The van der Waals surface area contributed by atoms with Crippen molar-refractivity contribution < 1.29 is 32.6 Å². The molecule has 0 spiro atoms. The molecule has 30 heavy (non-hydrogen) atoms. The fourth-order valence-corrected chi connectivity index (χ4v) is 3.47. The first kappa shape index (κ1) is 23.8. The van der Waals surface area contributed by atoms with Crippen LogP contribution in [-0.4, -0.2) is 76.3 Å². The third-order valence-corrected chi connectivity index (χ3v) is 4.97. The minimum Gasteiger partial charge on any atom is -0.475 e. The van der Waals surface area contributed by atoms with Crippen molar-refractivity contribution in [2.75, 3.05) is 26.2 Å². The molecule has 0 saturated carbocycles. The molecular formula is C20H26F3N3O4. The monoisotopic (exact) mass is 429 g/mol. The summed E-state index contributed by atoms with van der Waals surface area (Å²) in [6.07, 6.45) is 2.91. The SMILES string of the molecule is C=CCCC(=O)N1CC[C@@H]2OCCN(Cc3cccnc3)[C@H]2C1.O=C(O)C(F)(F)F. The maximum atomic E-state index is 12.3. The van der Waals surface area contributed by atoms with E-state index in [1.165, 1.54) is 5.56 Å². The van der Waals surface area contributed by atoms with E-state index in [9.17, 15) is 18.0 Å². The Morgan fingerprint density at radius 1 is 1.37 bits per heavy atom. The number of piperidine rings is 1. The van der Waals surface area contributed by atoms with Crippen molar-refractivity contribution in [3.05, 3.63) is 42.7 Å². The number of halogens is 3. The minimum absolute atomic E-state index is 0.232. The highest BCUT2D eigenvalue weighted by molar-refractivity contribution is 5.76. The molecule has 0 aliphatic carbocycles. The van der Waals surface area contributed by atoms with Gasteiger partial charge in [0.15, 0.2) is 0 Å². The molecule has 2 atom stereocenters. The summed E-state index contributed by atoms with van der Waals surface area (Å²) in [5.74, 6) is -2.53. The second kappa shape index (κ2) is 11.1. The van der Waals surface area contributed by atoms with E-state index < -0.39 is 12.1 Å². The Labute approximate surface area is 173 Å². The van der Waals surface area contributed by atoms with Crippen LogP contribution in [0.3, 0.4) is 0 Å². The summed E-state index contributed by atoms with van der Waals surface area (Å²) >= 11 is 0. The predicted molar refractivity (Wildman–Crippen MR) is 102 cm³/mol. The molecule has 3 heterocycles. The van der Waals surface area contributed by atoms with Crippen LogP contribution in [0.25, 0.3) is 0 Å². The number of carbonyl (C=O) groups excluding carboxylic acids is 1. The second-order valence-electron chi connectivity index (χ2n) is 7.07. The van der Waals surface area contributed by atoms with Crippen LogP contribution in [-0.2, 0) is 20.9 Å². The van der Waals surface area contributed by atoms with E-state index in [-0.39, 0.29) is 18.1 Å². The van der Waals surface area contributed by atoms with Crippen molar-refractivity contribution in [3.8, 4) is 0 Å². The Morgan fingerprint density at radius 3 is 2.70 bits per heavy atom. The molecule has 166 valence electrons. The molecule has 0 bridgehead atoms. The van der Waals surface area contributed by atoms with Crippen molar-refractivity contribution in [3.63, 3.8) is 0 Å². The smallest absolute Gasteiger partial charge is 0.475 e. The third-order valence-electron chi connectivity index (χ3n) is 4.97. The number of carbonyl (C=O) groups is 2. The van der Waals surface area contributed by atoms with Gasteiger partial charge in [-0.1, -0.05) is 12.1 Å². The predicted octanol–water partition coefficient (Wildman–Crippen LogP) is 2.48. The van der Waals surface area contributed by atoms with Crippen molar-refractivity contribution in [1.82, 2.24) is 14.8 Å². The first-order chi connectivity index (χ1) is 14.2. The van der Waals surface area contributed by atoms with Gasteiger partial charge in [0.1, 0.15) is 0 Å². The standard InChI is InChI=1S/C18H25N3O2.C2HF3O2/c1-2-3-6-18(22)21-9-7-17-16(14-21)20(10-11-23-17)13-15-5-4-8-19-12-15;3-2(4,5)1(6)7/h2,4-5,8,12,16-17H,1,3,6-7,9-11,13-14H2;(H,6,7)/t16-,17-;/m0./s1. The van der Waals surface area contributed by atoms with Crippen molar-refractivity contribution in [1.29, 1.82) is 0 Å². The zero-order valence-corrected chi connectivity index (χ0v) is 16.6. The molecule has 2 fully saturated rings. The lowest BCUT2D eigenvalue weighted by Crippen LogP contribution is -2.60. The van der Waals surface area contributed by atoms with E-state index >= 15 is 0 Å². The highest BCUT2D eigenvalue weighted by Gasteiger charge is 2.39. The van der Waals surface area contributed by atoms with Gasteiger partial charge in [0.2, 0.25) is 5.91 Å². The van der Waals surface area contributed by atoms with Crippen LogP contribution in [0, 0.1) is 0 Å². The van der Waals surface area contributed by atoms with Crippen LogP contribution >= 0.6 is 0 Å². The number of carboxylic acids is 1. The number of ether oxygens (including phenoxy) is 1. The average molecular weight is 429 g/mol. The Morgan fingerprint density at radius 2 is 2.10 bits per heavy atom. The molecule has 1 amide bonds. The fourth-order valence-electron chi connectivity index (χ4n) is 3.47. The Bertz CT molecular complexity index is 715. The van der Waals surface area contributed by atoms with Gasteiger partial charge in [0.25, 0.3) is 0 Å². The number of aliphatic carboxylic acids is 1. The highest BCUT2D eigenvalue weighted by atomic mass is 19.4. The van der Waals surface area contributed by atoms with Gasteiger partial charge in [0.05, 0.1) is 18.8 Å². The lowest BCUT2D eigenvalue weighted by molar-refractivity contribution is -0.192. The molecule has 7 nitrogen and oxygen atoms in total. The molecule has 0 aromatic carbocycles. The van der Waals surface area contributed by atoms with Crippen LogP contribution in [0.5, 0.6) is 0 Å². The third kappa shape index (κ3) is 7.10. The maximum absolute atomic E-state index is 12.3. The zero-order chi connectivity index (χ0) is 22.1. The van der Waals surface area contributed by atoms with Crippen LogP contribution in [0.15, 0.2) is 37.2 Å². The summed E-state index contributed by atoms with van der Waals surface area (Å²) in [5.41, 5.74) is 1.21. The topological polar surface area (TPSA) is 83.0 Å². The van der Waals surface area contributed by atoms with Gasteiger partial charge in [-0.05, 0) is 24.5 Å². The number of hydrogen-bond donors (Lipinski definition) is 1. The number of nitrogens with zero attached hydrogens (tertiary/aromatic N) is 3. The number of carboxylic acid groups (broad SMARTS) is 1. The Balaban J connectivity index is 0.000000396. The fraction of sp³-hybridized carbons (Fsp3) is 0.550. The molecule has 0 unspecified atom stereocenters. The number of alkyl halides is 3. The van der Waals surface area contributed by atoms with Crippen LogP contribution in [0.2, 0.25) is 0 Å². The summed E-state index contributed by atoms with van der Waals surface area (Å²) in [7, 11) is 0. The Hall–Kier alpha value is -2.46. The van der Waals surface area contributed by atoms with E-state index in [4.69, 9.17) is 14.6 Å². The number of morpholine rings is 1. The largest absolute Gasteiger partial charge is 0.490 e. The van der Waals surface area contributed by atoms with E-state index in [0.717, 1.165) is 45.6 Å². The van der Waals surface area contributed by atoms with Gasteiger partial charge >= 0.3 is 12.1 Å². The second-order valence-corrected chi connectivity index (χ2v) is 7.07. The van der Waals surface area contributed by atoms with Gasteiger partial charge in [-0.3, -0.25) is 14.7 Å². The van der Waals surface area contributed by atoms with Crippen LogP contribution < -0.4 is 0 Å². The number of amides is 1. The van der Waals surface area contributed by atoms with Crippen molar-refractivity contribution in [2.24, 2.45) is 0 Å². The first-order valence-corrected chi connectivity index (χ1v) is 9.65. The minimum atomic E-state index is -5.08. The normalized spacial score (nSPS) is 21.8. The van der Waals surface area contributed by atoms with Crippen molar-refractivity contribution in [2.45, 2.75) is 44.1 Å². The quantitative estimate of drug-likeness (QED) is 0.725. The number of fused-ring (bicyclic) bond motifs is 1. The van der Waals surface area contributed by atoms with Crippen molar-refractivity contribution >= 4 is 11.9 Å². The Kier molecular flexibility index (Phi) is 8.79. The van der Waals surface area contributed by atoms with Gasteiger partial charge in [-0.25, -0.2) is 4.79 Å². The highest BCUT2D eigenvalue weighted by Crippen LogP contribution is 2.25. The van der Waals surface area contributed by atoms with E-state index in [0.29, 0.717) is 6.42 Å². The number of rotatable bonds is 5. The number of aromatic nitrogens is 1. The molecule has 3 rings (SSSR count). The number of hydrogen-bond acceptors (Lipinski definition) is 5. The van der Waals surface area contributed by atoms with Crippen LogP contribution in [0.4, 0.5) is 13.2 Å². The lowest BCUT2D eigenvalue weighted by Gasteiger charge is -2.47. The summed E-state index contributed by atoms with van der Waals surface area (Å²) in [6, 6.07) is 4.36. The molecule has 1 aromatic heterocycles. The van der Waals surface area contributed by atoms with Gasteiger partial charge in [-0.2, -0.15) is 13.2 Å². The molecule has 2 aliphatic heterocycles. The van der Waals surface area contributed by atoms with E-state index in [1.807, 2.05) is 23.2 Å². The summed E-state index contributed by atoms with van der Waals surface area (Å²) in [5, 5.41) is 7.12. The lowest BCUT2D eigenvalue weighted by atomic mass is 9.97. The maximum Gasteiger partial charge on any atom is 0.490 e. The van der Waals surface area contributed by atoms with Crippen LogP contribution in [0.1, 0.15) is 24.8 Å². The number of pyridine rings is 1. The van der Waals surface area contributed by atoms with E-state index in [2.05, 4.69) is 22.5 Å².